The van der Waals surface area contributed by atoms with Gasteiger partial charge in [-0.15, -0.1) is 0 Å². The molecule has 1 atom stereocenters. The van der Waals surface area contributed by atoms with Crippen molar-refractivity contribution in [1.29, 1.82) is 0 Å². The molecule has 2 heterocycles. The summed E-state index contributed by atoms with van der Waals surface area (Å²) in [6, 6.07) is 0. The highest BCUT2D eigenvalue weighted by Crippen LogP contribution is 2.10. The predicted molar refractivity (Wildman–Crippen MR) is 68.3 cm³/mol. The summed E-state index contributed by atoms with van der Waals surface area (Å²) in [4.78, 5) is 18.0. The number of hydrogen-bond acceptors (Lipinski definition) is 4. The van der Waals surface area contributed by atoms with Gasteiger partial charge in [-0.2, -0.15) is 0 Å². The summed E-state index contributed by atoms with van der Waals surface area (Å²) in [5.41, 5.74) is 0.347. The van der Waals surface area contributed by atoms with Gasteiger partial charge in [-0.05, 0) is 31.8 Å². The average molecular weight is 251 g/mol. The lowest BCUT2D eigenvalue weighted by Gasteiger charge is -2.29. The number of nitrogens with zero attached hydrogens (tertiary/aromatic N) is 2. The van der Waals surface area contributed by atoms with Gasteiger partial charge >= 0.3 is 0 Å². The second-order valence-electron chi connectivity index (χ2n) is 5.05. The highest BCUT2D eigenvalue weighted by atomic mass is 16.3. The van der Waals surface area contributed by atoms with Crippen LogP contribution in [0.25, 0.3) is 0 Å². The van der Waals surface area contributed by atoms with Crippen molar-refractivity contribution in [2.75, 3.05) is 26.2 Å². The molecule has 1 fully saturated rings. The summed E-state index contributed by atoms with van der Waals surface area (Å²) >= 11 is 0. The molecule has 0 aliphatic carbocycles. The zero-order valence-corrected chi connectivity index (χ0v) is 10.9. The number of rotatable bonds is 5. The number of aromatic nitrogens is 1. The van der Waals surface area contributed by atoms with Crippen molar-refractivity contribution in [3.63, 3.8) is 0 Å². The highest BCUT2D eigenvalue weighted by Gasteiger charge is 2.15. The van der Waals surface area contributed by atoms with Crippen LogP contribution in [0.4, 0.5) is 0 Å². The fourth-order valence-corrected chi connectivity index (χ4v) is 2.33. The van der Waals surface area contributed by atoms with Gasteiger partial charge in [0.25, 0.3) is 5.91 Å². The monoisotopic (exact) mass is 251 g/mol. The largest absolute Gasteiger partial charge is 0.451 e. The third-order valence-electron chi connectivity index (χ3n) is 3.29. The van der Waals surface area contributed by atoms with Crippen LogP contribution in [0.5, 0.6) is 0 Å². The van der Waals surface area contributed by atoms with Gasteiger partial charge < -0.3 is 14.6 Å². The lowest BCUT2D eigenvalue weighted by Crippen LogP contribution is -2.38. The smallest absolute Gasteiger partial charge is 0.273 e. The van der Waals surface area contributed by atoms with Gasteiger partial charge in [0.2, 0.25) is 0 Å². The van der Waals surface area contributed by atoms with E-state index in [4.69, 9.17) is 4.42 Å². The lowest BCUT2D eigenvalue weighted by atomic mass is 10.1. The van der Waals surface area contributed by atoms with E-state index in [2.05, 4.69) is 22.1 Å². The first-order valence-corrected chi connectivity index (χ1v) is 6.64. The van der Waals surface area contributed by atoms with Crippen molar-refractivity contribution in [3.05, 3.63) is 18.4 Å². The van der Waals surface area contributed by atoms with Crippen molar-refractivity contribution >= 4 is 5.91 Å². The fraction of sp³-hybridized carbons (Fsp3) is 0.692. The standard InChI is InChI=1S/C13H21N3O2/c1-11(8-16-5-3-2-4-6-16)7-14-13(17)12-9-18-10-15-12/h9-11H,2-8H2,1H3,(H,14,17). The number of piperidine rings is 1. The first kappa shape index (κ1) is 13.1. The molecule has 100 valence electrons. The maximum Gasteiger partial charge on any atom is 0.273 e. The van der Waals surface area contributed by atoms with Crippen LogP contribution in [0.2, 0.25) is 0 Å². The van der Waals surface area contributed by atoms with Crippen LogP contribution in [-0.4, -0.2) is 42.0 Å². The SMILES string of the molecule is CC(CNC(=O)c1cocn1)CN1CCCCC1. The van der Waals surface area contributed by atoms with E-state index in [9.17, 15) is 4.79 Å². The maximum absolute atomic E-state index is 11.7. The van der Waals surface area contributed by atoms with E-state index in [1.807, 2.05) is 0 Å². The molecule has 18 heavy (non-hydrogen) atoms. The van der Waals surface area contributed by atoms with Crippen LogP contribution >= 0.6 is 0 Å². The maximum atomic E-state index is 11.7. The summed E-state index contributed by atoms with van der Waals surface area (Å²) in [6.45, 7) is 6.29. The fourth-order valence-electron chi connectivity index (χ4n) is 2.33. The molecule has 5 heteroatoms. The van der Waals surface area contributed by atoms with E-state index >= 15 is 0 Å². The Morgan fingerprint density at radius 2 is 2.28 bits per heavy atom. The molecule has 1 aliphatic rings. The summed E-state index contributed by atoms with van der Waals surface area (Å²) in [7, 11) is 0. The number of hydrogen-bond donors (Lipinski definition) is 1. The molecular formula is C13H21N3O2. The molecule has 1 unspecified atom stereocenters. The van der Waals surface area contributed by atoms with Crippen molar-refractivity contribution in [2.45, 2.75) is 26.2 Å². The van der Waals surface area contributed by atoms with Crippen LogP contribution in [0.3, 0.4) is 0 Å². The Bertz CT molecular complexity index is 358. The second kappa shape index (κ2) is 6.54. The van der Waals surface area contributed by atoms with Crippen LogP contribution < -0.4 is 5.32 Å². The normalized spacial score (nSPS) is 18.5. The van der Waals surface area contributed by atoms with E-state index in [0.29, 0.717) is 18.2 Å². The van der Waals surface area contributed by atoms with Gasteiger partial charge in [0.05, 0.1) is 0 Å². The Hall–Kier alpha value is -1.36. The van der Waals surface area contributed by atoms with Gasteiger partial charge in [0.15, 0.2) is 12.1 Å². The van der Waals surface area contributed by atoms with Crippen LogP contribution in [0.15, 0.2) is 17.1 Å². The molecule has 5 nitrogen and oxygen atoms in total. The molecule has 0 aromatic carbocycles. The van der Waals surface area contributed by atoms with Crippen molar-refractivity contribution in [1.82, 2.24) is 15.2 Å². The van der Waals surface area contributed by atoms with E-state index in [-0.39, 0.29) is 5.91 Å². The topological polar surface area (TPSA) is 58.4 Å². The molecule has 2 rings (SSSR count). The zero-order chi connectivity index (χ0) is 12.8. The Morgan fingerprint density at radius 1 is 1.50 bits per heavy atom. The van der Waals surface area contributed by atoms with E-state index < -0.39 is 0 Å². The number of nitrogens with one attached hydrogen (secondary N) is 1. The number of likely N-dealkylation sites (tertiary alicyclic amines) is 1. The first-order chi connectivity index (χ1) is 8.75. The molecule has 1 aliphatic heterocycles. The van der Waals surface area contributed by atoms with Crippen LogP contribution in [0.1, 0.15) is 36.7 Å². The Labute approximate surface area is 108 Å². The predicted octanol–water partition coefficient (Wildman–Crippen LogP) is 1.53. The van der Waals surface area contributed by atoms with E-state index in [1.165, 1.54) is 45.0 Å². The summed E-state index contributed by atoms with van der Waals surface area (Å²) < 4.78 is 4.78. The quantitative estimate of drug-likeness (QED) is 0.862. The van der Waals surface area contributed by atoms with Crippen LogP contribution in [0, 0.1) is 5.92 Å². The molecule has 0 radical (unpaired) electrons. The number of carbonyl (C=O) groups excluding carboxylic acids is 1. The number of amides is 1. The summed E-state index contributed by atoms with van der Waals surface area (Å²) in [5.74, 6) is 0.299. The molecule has 0 saturated carbocycles. The summed E-state index contributed by atoms with van der Waals surface area (Å²) in [6.07, 6.45) is 6.60. The van der Waals surface area contributed by atoms with Gasteiger partial charge in [0.1, 0.15) is 6.26 Å². The molecule has 1 saturated heterocycles. The summed E-state index contributed by atoms with van der Waals surface area (Å²) in [5, 5.41) is 2.89. The molecule has 1 aromatic heterocycles. The Morgan fingerprint density at radius 3 is 2.94 bits per heavy atom. The highest BCUT2D eigenvalue weighted by molar-refractivity contribution is 5.91. The molecule has 0 bridgehead atoms. The van der Waals surface area contributed by atoms with Crippen molar-refractivity contribution in [2.24, 2.45) is 5.92 Å². The Kier molecular flexibility index (Phi) is 4.75. The van der Waals surface area contributed by atoms with Gasteiger partial charge in [0, 0.05) is 13.1 Å². The molecule has 1 N–H and O–H groups in total. The molecule has 1 amide bonds. The van der Waals surface area contributed by atoms with E-state index in [1.54, 1.807) is 0 Å². The van der Waals surface area contributed by atoms with Crippen molar-refractivity contribution < 1.29 is 9.21 Å². The second-order valence-corrected chi connectivity index (χ2v) is 5.05. The average Bonchev–Trinajstić information content (AvgIpc) is 2.91. The van der Waals surface area contributed by atoms with Crippen molar-refractivity contribution in [3.8, 4) is 0 Å². The van der Waals surface area contributed by atoms with E-state index in [0.717, 1.165) is 6.54 Å². The van der Waals surface area contributed by atoms with Gasteiger partial charge in [-0.25, -0.2) is 4.98 Å². The zero-order valence-electron chi connectivity index (χ0n) is 10.9. The third-order valence-corrected chi connectivity index (χ3v) is 3.29. The molecule has 1 aromatic rings. The number of oxazole rings is 1. The van der Waals surface area contributed by atoms with Crippen LogP contribution in [-0.2, 0) is 0 Å². The third kappa shape index (κ3) is 3.84. The minimum atomic E-state index is -0.158. The number of carbonyl (C=O) groups is 1. The van der Waals surface area contributed by atoms with Gasteiger partial charge in [-0.3, -0.25) is 4.79 Å². The Balaban J connectivity index is 1.68. The lowest BCUT2D eigenvalue weighted by molar-refractivity contribution is 0.0937. The first-order valence-electron chi connectivity index (χ1n) is 6.64. The molecule has 0 spiro atoms. The minimum absolute atomic E-state index is 0.158. The minimum Gasteiger partial charge on any atom is -0.451 e. The van der Waals surface area contributed by atoms with Gasteiger partial charge in [-0.1, -0.05) is 13.3 Å². The molecular weight excluding hydrogens is 230 g/mol.